The van der Waals surface area contributed by atoms with Crippen LogP contribution in [0, 0.1) is 0 Å². The second-order valence-corrected chi connectivity index (χ2v) is 10.8. The van der Waals surface area contributed by atoms with Gasteiger partial charge >= 0.3 is 0 Å². The van der Waals surface area contributed by atoms with E-state index in [1.165, 1.54) is 25.7 Å². The summed E-state index contributed by atoms with van der Waals surface area (Å²) >= 11 is 1.93. The Hall–Kier alpha value is -1.95. The van der Waals surface area contributed by atoms with Crippen molar-refractivity contribution in [1.29, 1.82) is 0 Å². The van der Waals surface area contributed by atoms with Gasteiger partial charge in [-0.2, -0.15) is 11.8 Å². The topological polar surface area (TPSA) is 54.3 Å². The fourth-order valence-electron chi connectivity index (χ4n) is 5.19. The SMILES string of the molecule is CCCSCCCN1C(=O)c2cc3ccccc3n2C[C@]1(C)C(=O)NC1CCCCCC1. The van der Waals surface area contributed by atoms with Gasteiger partial charge in [0.05, 0.1) is 6.54 Å². The third-order valence-electron chi connectivity index (χ3n) is 7.03. The lowest BCUT2D eigenvalue weighted by atomic mass is 9.93. The van der Waals surface area contributed by atoms with Gasteiger partial charge in [-0.1, -0.05) is 50.8 Å². The van der Waals surface area contributed by atoms with E-state index in [4.69, 9.17) is 0 Å². The zero-order chi connectivity index (χ0) is 22.6. The van der Waals surface area contributed by atoms with Crippen molar-refractivity contribution >= 4 is 34.5 Å². The molecule has 2 aromatic rings. The summed E-state index contributed by atoms with van der Waals surface area (Å²) in [6, 6.07) is 10.3. The minimum atomic E-state index is -0.881. The number of rotatable bonds is 8. The molecule has 1 saturated carbocycles. The molecule has 32 heavy (non-hydrogen) atoms. The molecule has 0 unspecified atom stereocenters. The molecule has 174 valence electrons. The molecular weight excluding hydrogens is 418 g/mol. The minimum absolute atomic E-state index is 0.00222. The molecular formula is C26H37N3O2S. The maximum absolute atomic E-state index is 13.7. The number of benzene rings is 1. The molecule has 0 radical (unpaired) electrons. The first-order chi connectivity index (χ1) is 15.5. The number of para-hydroxylation sites is 1. The summed E-state index contributed by atoms with van der Waals surface area (Å²) < 4.78 is 2.06. The number of carbonyl (C=O) groups excluding carboxylic acids is 2. The standard InChI is InChI=1S/C26H37N3O2S/c1-3-16-32-17-10-15-29-24(30)23-18-20-11-8-9-14-22(20)28(23)19-26(29,2)25(31)27-21-12-6-4-5-7-13-21/h8-9,11,14,18,21H,3-7,10,12-13,15-17,19H2,1-2H3,(H,27,31)/t26-/m1/s1. The molecule has 6 heteroatoms. The van der Waals surface area contributed by atoms with E-state index in [2.05, 4.69) is 16.8 Å². The van der Waals surface area contributed by atoms with Crippen LogP contribution in [0.15, 0.2) is 30.3 Å². The summed E-state index contributed by atoms with van der Waals surface area (Å²) in [4.78, 5) is 29.3. The maximum atomic E-state index is 13.7. The number of fused-ring (bicyclic) bond motifs is 3. The first kappa shape index (κ1) is 23.2. The van der Waals surface area contributed by atoms with Crippen molar-refractivity contribution in [2.75, 3.05) is 18.1 Å². The van der Waals surface area contributed by atoms with Crippen LogP contribution in [0.5, 0.6) is 0 Å². The van der Waals surface area contributed by atoms with Gasteiger partial charge in [-0.05, 0) is 56.2 Å². The molecule has 0 saturated heterocycles. The fourth-order valence-corrected chi connectivity index (χ4v) is 6.02. The van der Waals surface area contributed by atoms with Crippen molar-refractivity contribution in [2.24, 2.45) is 0 Å². The summed E-state index contributed by atoms with van der Waals surface area (Å²) in [6.07, 6.45) is 9.00. The van der Waals surface area contributed by atoms with Crippen molar-refractivity contribution in [3.63, 3.8) is 0 Å². The van der Waals surface area contributed by atoms with Gasteiger partial charge in [0, 0.05) is 23.5 Å². The molecule has 0 spiro atoms. The number of aromatic nitrogens is 1. The predicted molar refractivity (Wildman–Crippen MR) is 133 cm³/mol. The van der Waals surface area contributed by atoms with Crippen LogP contribution in [0.25, 0.3) is 10.9 Å². The molecule has 1 aromatic carbocycles. The zero-order valence-corrected chi connectivity index (χ0v) is 20.4. The number of hydrogen-bond donors (Lipinski definition) is 1. The van der Waals surface area contributed by atoms with Gasteiger partial charge in [0.2, 0.25) is 5.91 Å². The average molecular weight is 456 g/mol. The van der Waals surface area contributed by atoms with Gasteiger partial charge in [0.1, 0.15) is 11.2 Å². The lowest BCUT2D eigenvalue weighted by molar-refractivity contribution is -0.133. The van der Waals surface area contributed by atoms with Crippen molar-refractivity contribution in [3.8, 4) is 0 Å². The number of hydrogen-bond acceptors (Lipinski definition) is 3. The molecule has 4 rings (SSSR count). The smallest absolute Gasteiger partial charge is 0.271 e. The molecule has 2 heterocycles. The summed E-state index contributed by atoms with van der Waals surface area (Å²) in [6.45, 7) is 5.27. The number of nitrogens with one attached hydrogen (secondary N) is 1. The first-order valence-corrected chi connectivity index (χ1v) is 13.5. The summed E-state index contributed by atoms with van der Waals surface area (Å²) in [5, 5.41) is 4.41. The molecule has 5 nitrogen and oxygen atoms in total. The van der Waals surface area contributed by atoms with E-state index in [-0.39, 0.29) is 17.9 Å². The van der Waals surface area contributed by atoms with E-state index >= 15 is 0 Å². The van der Waals surface area contributed by atoms with Crippen LogP contribution in [0.3, 0.4) is 0 Å². The molecule has 2 amide bonds. The lowest BCUT2D eigenvalue weighted by Gasteiger charge is -2.44. The van der Waals surface area contributed by atoms with Gasteiger partial charge in [0.15, 0.2) is 0 Å². The molecule has 1 aliphatic heterocycles. The molecule has 1 N–H and O–H groups in total. The van der Waals surface area contributed by atoms with Crippen LogP contribution < -0.4 is 5.32 Å². The number of carbonyl (C=O) groups is 2. The predicted octanol–water partition coefficient (Wildman–Crippen LogP) is 5.23. The number of amides is 2. The van der Waals surface area contributed by atoms with Crippen molar-refractivity contribution in [3.05, 3.63) is 36.0 Å². The highest BCUT2D eigenvalue weighted by Gasteiger charge is 2.47. The van der Waals surface area contributed by atoms with Crippen LogP contribution in [0.1, 0.15) is 75.7 Å². The Morgan fingerprint density at radius 2 is 1.91 bits per heavy atom. The van der Waals surface area contributed by atoms with Gasteiger partial charge in [-0.15, -0.1) is 0 Å². The van der Waals surface area contributed by atoms with Gasteiger partial charge in [-0.25, -0.2) is 0 Å². The largest absolute Gasteiger partial charge is 0.351 e. The van der Waals surface area contributed by atoms with Gasteiger partial charge in [-0.3, -0.25) is 9.59 Å². The lowest BCUT2D eigenvalue weighted by Crippen LogP contribution is -2.65. The van der Waals surface area contributed by atoms with E-state index in [1.807, 2.05) is 53.9 Å². The second-order valence-electron chi connectivity index (χ2n) is 9.53. The Kier molecular flexibility index (Phi) is 7.49. The third-order valence-corrected chi connectivity index (χ3v) is 8.31. The maximum Gasteiger partial charge on any atom is 0.271 e. The van der Waals surface area contributed by atoms with Gasteiger partial charge in [0.25, 0.3) is 5.91 Å². The summed E-state index contributed by atoms with van der Waals surface area (Å²) in [5.74, 6) is 2.14. The van der Waals surface area contributed by atoms with Crippen molar-refractivity contribution in [1.82, 2.24) is 14.8 Å². The normalized spacial score (nSPS) is 22.1. The van der Waals surface area contributed by atoms with Crippen molar-refractivity contribution < 1.29 is 9.59 Å². The summed E-state index contributed by atoms with van der Waals surface area (Å²) in [5.41, 5.74) is 0.850. The molecule has 1 aromatic heterocycles. The van der Waals surface area contributed by atoms with Crippen LogP contribution in [0.2, 0.25) is 0 Å². The molecule has 1 fully saturated rings. The third kappa shape index (κ3) is 4.70. The quantitative estimate of drug-likeness (QED) is 0.438. The highest BCUT2D eigenvalue weighted by atomic mass is 32.2. The van der Waals surface area contributed by atoms with Crippen LogP contribution in [0.4, 0.5) is 0 Å². The number of thioether (sulfide) groups is 1. The van der Waals surface area contributed by atoms with Gasteiger partial charge < -0.3 is 14.8 Å². The second kappa shape index (κ2) is 10.3. The zero-order valence-electron chi connectivity index (χ0n) is 19.6. The highest BCUT2D eigenvalue weighted by Crippen LogP contribution is 2.33. The average Bonchev–Trinajstić information content (AvgIpc) is 2.96. The van der Waals surface area contributed by atoms with Crippen LogP contribution >= 0.6 is 11.8 Å². The Morgan fingerprint density at radius 3 is 2.66 bits per heavy atom. The van der Waals surface area contributed by atoms with E-state index < -0.39 is 5.54 Å². The molecule has 1 aliphatic carbocycles. The highest BCUT2D eigenvalue weighted by molar-refractivity contribution is 7.99. The van der Waals surface area contributed by atoms with E-state index in [0.717, 1.165) is 48.1 Å². The van der Waals surface area contributed by atoms with Crippen LogP contribution in [-0.4, -0.2) is 50.9 Å². The first-order valence-electron chi connectivity index (χ1n) is 12.3. The fraction of sp³-hybridized carbons (Fsp3) is 0.615. The number of nitrogens with zero attached hydrogens (tertiary/aromatic N) is 2. The van der Waals surface area contributed by atoms with Crippen LogP contribution in [-0.2, 0) is 11.3 Å². The summed E-state index contributed by atoms with van der Waals surface area (Å²) in [7, 11) is 0. The van der Waals surface area contributed by atoms with E-state index in [9.17, 15) is 9.59 Å². The Bertz CT molecular complexity index is 948. The van der Waals surface area contributed by atoms with E-state index in [0.29, 0.717) is 18.8 Å². The Labute approximate surface area is 196 Å². The Balaban J connectivity index is 1.61. The molecule has 0 bridgehead atoms. The van der Waals surface area contributed by atoms with Crippen molar-refractivity contribution in [2.45, 2.75) is 83.3 Å². The Morgan fingerprint density at radius 1 is 1.16 bits per heavy atom. The monoisotopic (exact) mass is 455 g/mol. The molecule has 1 atom stereocenters. The minimum Gasteiger partial charge on any atom is -0.351 e. The molecule has 2 aliphatic rings. The van der Waals surface area contributed by atoms with E-state index in [1.54, 1.807) is 0 Å².